The lowest BCUT2D eigenvalue weighted by Crippen LogP contribution is -2.48. The zero-order chi connectivity index (χ0) is 16.4. The number of nitrogens with one attached hydrogen (secondary N) is 1. The second-order valence-electron chi connectivity index (χ2n) is 7.34. The van der Waals surface area contributed by atoms with Crippen LogP contribution in [0.15, 0.2) is 12.3 Å². The lowest BCUT2D eigenvalue weighted by atomic mass is 10.2. The molecule has 2 fully saturated rings. The summed E-state index contributed by atoms with van der Waals surface area (Å²) in [6.45, 7) is 6.98. The second-order valence-corrected chi connectivity index (χ2v) is 7.34. The van der Waals surface area contributed by atoms with Crippen molar-refractivity contribution in [1.82, 2.24) is 20.0 Å². The molecule has 1 saturated heterocycles. The summed E-state index contributed by atoms with van der Waals surface area (Å²) in [7, 11) is 0. The highest BCUT2D eigenvalue weighted by atomic mass is 16.2. The van der Waals surface area contributed by atoms with Crippen LogP contribution in [-0.4, -0.2) is 38.7 Å². The number of amides is 1. The van der Waals surface area contributed by atoms with Crippen molar-refractivity contribution in [3.05, 3.63) is 18.0 Å². The maximum absolute atomic E-state index is 12.5. The molecular weight excluding hydrogens is 288 g/mol. The molecule has 5 nitrogen and oxygen atoms in total. The molecule has 3 rings (SSSR count). The molecule has 23 heavy (non-hydrogen) atoms. The van der Waals surface area contributed by atoms with Gasteiger partial charge in [0.05, 0.1) is 24.3 Å². The Kier molecular flexibility index (Phi) is 5.05. The molecule has 0 aromatic carbocycles. The van der Waals surface area contributed by atoms with E-state index in [-0.39, 0.29) is 11.9 Å². The molecule has 1 aromatic heterocycles. The molecule has 128 valence electrons. The molecule has 0 unspecified atom stereocenters. The van der Waals surface area contributed by atoms with Crippen LogP contribution in [0.5, 0.6) is 0 Å². The Labute approximate surface area is 139 Å². The highest BCUT2D eigenvalue weighted by molar-refractivity contribution is 5.81. The number of rotatable bonds is 5. The summed E-state index contributed by atoms with van der Waals surface area (Å²) in [6.07, 6.45) is 9.51. The van der Waals surface area contributed by atoms with E-state index in [0.29, 0.717) is 24.7 Å². The predicted molar refractivity (Wildman–Crippen MR) is 91.0 cm³/mol. The van der Waals surface area contributed by atoms with Crippen LogP contribution in [0.1, 0.15) is 71.0 Å². The standard InChI is InChI=1S/C18H30N4O/c1-13-8-9-14(2)22(13)15(3)18(23)19-12-16-10-11-21(20-16)17-6-4-5-7-17/h10-11,13-15,17H,4-9,12H2,1-3H3,(H,19,23)/t13-,14+,15-/m0/s1. The van der Waals surface area contributed by atoms with Gasteiger partial charge in [0.2, 0.25) is 5.91 Å². The van der Waals surface area contributed by atoms with Gasteiger partial charge in [-0.1, -0.05) is 12.8 Å². The fourth-order valence-electron chi connectivity index (χ4n) is 4.28. The third-order valence-corrected chi connectivity index (χ3v) is 5.65. The van der Waals surface area contributed by atoms with Crippen LogP contribution < -0.4 is 5.32 Å². The molecule has 1 saturated carbocycles. The first kappa shape index (κ1) is 16.5. The van der Waals surface area contributed by atoms with Gasteiger partial charge in [0.25, 0.3) is 0 Å². The summed E-state index contributed by atoms with van der Waals surface area (Å²) in [5, 5.41) is 7.70. The monoisotopic (exact) mass is 318 g/mol. The Hall–Kier alpha value is -1.36. The van der Waals surface area contributed by atoms with Crippen LogP contribution in [0, 0.1) is 0 Å². The lowest BCUT2D eigenvalue weighted by molar-refractivity contribution is -0.127. The van der Waals surface area contributed by atoms with E-state index >= 15 is 0 Å². The summed E-state index contributed by atoms with van der Waals surface area (Å²) in [5.74, 6) is 0.112. The van der Waals surface area contributed by atoms with Crippen LogP contribution in [0.25, 0.3) is 0 Å². The van der Waals surface area contributed by atoms with E-state index in [1.807, 2.05) is 13.0 Å². The Morgan fingerprint density at radius 3 is 2.57 bits per heavy atom. The first-order chi connectivity index (χ1) is 11.1. The number of nitrogens with zero attached hydrogens (tertiary/aromatic N) is 3. The van der Waals surface area contributed by atoms with Crippen molar-refractivity contribution in [1.29, 1.82) is 0 Å². The highest BCUT2D eigenvalue weighted by Gasteiger charge is 2.34. The summed E-state index contributed by atoms with van der Waals surface area (Å²) < 4.78 is 2.09. The quantitative estimate of drug-likeness (QED) is 0.908. The summed E-state index contributed by atoms with van der Waals surface area (Å²) in [6, 6.07) is 3.51. The molecule has 2 heterocycles. The first-order valence-corrected chi connectivity index (χ1v) is 9.15. The van der Waals surface area contributed by atoms with Gasteiger partial charge < -0.3 is 5.32 Å². The summed E-state index contributed by atoms with van der Waals surface area (Å²) in [4.78, 5) is 14.8. The van der Waals surface area contributed by atoms with E-state index in [4.69, 9.17) is 0 Å². The topological polar surface area (TPSA) is 50.2 Å². The number of carbonyl (C=O) groups is 1. The van der Waals surface area contributed by atoms with Crippen molar-refractivity contribution in [2.24, 2.45) is 0 Å². The predicted octanol–water partition coefficient (Wildman–Crippen LogP) is 2.88. The number of carbonyl (C=O) groups excluding carboxylic acids is 1. The van der Waals surface area contributed by atoms with Crippen molar-refractivity contribution in [3.8, 4) is 0 Å². The van der Waals surface area contributed by atoms with E-state index in [1.54, 1.807) is 0 Å². The van der Waals surface area contributed by atoms with Gasteiger partial charge in [0.15, 0.2) is 0 Å². The van der Waals surface area contributed by atoms with Crippen LogP contribution in [0.4, 0.5) is 0 Å². The molecule has 1 aliphatic carbocycles. The van der Waals surface area contributed by atoms with Crippen molar-refractivity contribution >= 4 is 5.91 Å². The zero-order valence-corrected chi connectivity index (χ0v) is 14.7. The van der Waals surface area contributed by atoms with Crippen LogP contribution >= 0.6 is 0 Å². The van der Waals surface area contributed by atoms with Crippen LogP contribution in [0.3, 0.4) is 0 Å². The van der Waals surface area contributed by atoms with Gasteiger partial charge in [0.1, 0.15) is 0 Å². The van der Waals surface area contributed by atoms with Gasteiger partial charge in [-0.25, -0.2) is 0 Å². The molecular formula is C18H30N4O. The van der Waals surface area contributed by atoms with E-state index in [9.17, 15) is 4.79 Å². The summed E-state index contributed by atoms with van der Waals surface area (Å²) >= 11 is 0. The van der Waals surface area contributed by atoms with Crippen molar-refractivity contribution in [3.63, 3.8) is 0 Å². The van der Waals surface area contributed by atoms with Gasteiger partial charge in [0, 0.05) is 18.3 Å². The lowest BCUT2D eigenvalue weighted by Gasteiger charge is -2.31. The molecule has 1 N–H and O–H groups in total. The van der Waals surface area contributed by atoms with Gasteiger partial charge >= 0.3 is 0 Å². The van der Waals surface area contributed by atoms with E-state index in [1.165, 1.54) is 38.5 Å². The van der Waals surface area contributed by atoms with Crippen molar-refractivity contribution in [2.75, 3.05) is 0 Å². The SMILES string of the molecule is C[C@@H]1CC[C@H](C)N1[C@@H](C)C(=O)NCc1ccn(C2CCCC2)n1. The molecule has 3 atom stereocenters. The fourth-order valence-corrected chi connectivity index (χ4v) is 4.28. The zero-order valence-electron chi connectivity index (χ0n) is 14.7. The van der Waals surface area contributed by atoms with Gasteiger partial charge in [-0.05, 0) is 52.5 Å². The van der Waals surface area contributed by atoms with Crippen LogP contribution in [-0.2, 0) is 11.3 Å². The third-order valence-electron chi connectivity index (χ3n) is 5.65. The maximum Gasteiger partial charge on any atom is 0.237 e. The van der Waals surface area contributed by atoms with Crippen LogP contribution in [0.2, 0.25) is 0 Å². The maximum atomic E-state index is 12.5. The van der Waals surface area contributed by atoms with Crippen molar-refractivity contribution in [2.45, 2.75) is 90.0 Å². The molecule has 1 aliphatic heterocycles. The Balaban J connectivity index is 1.52. The van der Waals surface area contributed by atoms with Gasteiger partial charge in [-0.3, -0.25) is 14.4 Å². The number of aromatic nitrogens is 2. The van der Waals surface area contributed by atoms with E-state index < -0.39 is 0 Å². The average molecular weight is 318 g/mol. The summed E-state index contributed by atoms with van der Waals surface area (Å²) in [5.41, 5.74) is 0.958. The fraction of sp³-hybridized carbons (Fsp3) is 0.778. The minimum Gasteiger partial charge on any atom is -0.349 e. The molecule has 5 heteroatoms. The minimum absolute atomic E-state index is 0.0700. The Morgan fingerprint density at radius 1 is 1.26 bits per heavy atom. The number of likely N-dealkylation sites (tertiary alicyclic amines) is 1. The largest absolute Gasteiger partial charge is 0.349 e. The van der Waals surface area contributed by atoms with E-state index in [0.717, 1.165) is 5.69 Å². The smallest absolute Gasteiger partial charge is 0.237 e. The molecule has 0 spiro atoms. The van der Waals surface area contributed by atoms with Crippen molar-refractivity contribution < 1.29 is 4.79 Å². The normalized spacial score (nSPS) is 27.4. The molecule has 0 radical (unpaired) electrons. The molecule has 1 amide bonds. The molecule has 1 aromatic rings. The third kappa shape index (κ3) is 3.60. The van der Waals surface area contributed by atoms with E-state index in [2.05, 4.69) is 40.0 Å². The van der Waals surface area contributed by atoms with Gasteiger partial charge in [-0.2, -0.15) is 5.10 Å². The highest BCUT2D eigenvalue weighted by Crippen LogP contribution is 2.29. The first-order valence-electron chi connectivity index (χ1n) is 9.15. The van der Waals surface area contributed by atoms with Gasteiger partial charge in [-0.15, -0.1) is 0 Å². The number of hydrogen-bond donors (Lipinski definition) is 1. The Bertz CT molecular complexity index is 525. The second kappa shape index (κ2) is 7.04. The number of hydrogen-bond acceptors (Lipinski definition) is 3. The molecule has 2 aliphatic rings. The average Bonchev–Trinajstić information content (AvgIpc) is 3.25. The Morgan fingerprint density at radius 2 is 1.91 bits per heavy atom. The molecule has 0 bridgehead atoms. The minimum atomic E-state index is -0.0700.